The molecule has 0 saturated carbocycles. The van der Waals surface area contributed by atoms with Crippen molar-refractivity contribution in [3.8, 4) is 0 Å². The van der Waals surface area contributed by atoms with Crippen molar-refractivity contribution in [2.45, 2.75) is 19.5 Å². The fraction of sp³-hybridized carbons (Fsp3) is 1.00. The summed E-state index contributed by atoms with van der Waals surface area (Å²) in [4.78, 5) is 0. The molecule has 1 nitrogen and oxygen atoms in total. The van der Waals surface area contributed by atoms with E-state index in [0.717, 1.165) is 0 Å². The van der Waals surface area contributed by atoms with Gasteiger partial charge in [0.15, 0.2) is 0 Å². The molecular weight excluding hydrogens is 157 g/mol. The highest BCUT2D eigenvalue weighted by molar-refractivity contribution is 4.75. The zero-order valence-electron chi connectivity index (χ0n) is 6.32. The van der Waals surface area contributed by atoms with Crippen LogP contribution < -0.4 is 0 Å². The van der Waals surface area contributed by atoms with E-state index in [1.807, 2.05) is 0 Å². The summed E-state index contributed by atoms with van der Waals surface area (Å²) in [6.07, 6.45) is -3.51. The lowest BCUT2D eigenvalue weighted by Crippen LogP contribution is -2.27. The van der Waals surface area contributed by atoms with Crippen LogP contribution in [0.2, 0.25) is 0 Å². The molecule has 0 spiro atoms. The van der Waals surface area contributed by atoms with Crippen molar-refractivity contribution in [3.05, 3.63) is 0 Å². The van der Waals surface area contributed by atoms with Crippen molar-refractivity contribution >= 4 is 0 Å². The van der Waals surface area contributed by atoms with Gasteiger partial charge in [0.1, 0.15) is 0 Å². The van der Waals surface area contributed by atoms with Gasteiger partial charge in [0.25, 0.3) is 0 Å². The van der Waals surface area contributed by atoms with E-state index in [2.05, 4.69) is 0 Å². The van der Waals surface area contributed by atoms with Crippen molar-refractivity contribution in [3.63, 3.8) is 0 Å². The number of halogens is 3. The molecule has 2 unspecified atom stereocenters. The number of rotatable bonds is 1. The van der Waals surface area contributed by atoms with Gasteiger partial charge in [0.05, 0.1) is 12.5 Å². The summed E-state index contributed by atoms with van der Waals surface area (Å²) in [5, 5.41) is 0. The average molecular weight is 168 g/mol. The van der Waals surface area contributed by atoms with Crippen LogP contribution in [-0.4, -0.2) is 19.4 Å². The van der Waals surface area contributed by atoms with Crippen molar-refractivity contribution in [1.82, 2.24) is 0 Å². The monoisotopic (exact) mass is 168 g/mol. The fourth-order valence-corrected chi connectivity index (χ4v) is 1.21. The van der Waals surface area contributed by atoms with E-state index in [0.29, 0.717) is 13.0 Å². The maximum atomic E-state index is 12.0. The quantitative estimate of drug-likeness (QED) is 0.583. The van der Waals surface area contributed by atoms with Crippen LogP contribution in [-0.2, 0) is 4.74 Å². The molecule has 0 bridgehead atoms. The summed E-state index contributed by atoms with van der Waals surface area (Å²) in [6.45, 7) is 1.96. The zero-order chi connectivity index (χ0) is 8.48. The van der Waals surface area contributed by atoms with E-state index in [-0.39, 0.29) is 12.5 Å². The van der Waals surface area contributed by atoms with E-state index in [9.17, 15) is 13.2 Å². The van der Waals surface area contributed by atoms with Crippen LogP contribution in [0.1, 0.15) is 13.3 Å². The van der Waals surface area contributed by atoms with Gasteiger partial charge in [-0.2, -0.15) is 13.2 Å². The van der Waals surface area contributed by atoms with E-state index in [4.69, 9.17) is 4.74 Å². The Bertz CT molecular complexity index is 126. The van der Waals surface area contributed by atoms with Crippen molar-refractivity contribution in [1.29, 1.82) is 0 Å². The highest BCUT2D eigenvalue weighted by atomic mass is 19.4. The first kappa shape index (κ1) is 8.84. The Morgan fingerprint density at radius 1 is 1.45 bits per heavy atom. The first-order valence-corrected chi connectivity index (χ1v) is 3.66. The van der Waals surface area contributed by atoms with Crippen LogP contribution in [0.5, 0.6) is 0 Å². The lowest BCUT2D eigenvalue weighted by molar-refractivity contribution is -0.183. The molecule has 66 valence electrons. The summed E-state index contributed by atoms with van der Waals surface area (Å²) < 4.78 is 41.0. The van der Waals surface area contributed by atoms with Crippen LogP contribution in [0.25, 0.3) is 0 Å². The maximum absolute atomic E-state index is 12.0. The molecule has 0 amide bonds. The highest BCUT2D eigenvalue weighted by Crippen LogP contribution is 2.35. The van der Waals surface area contributed by atoms with Gasteiger partial charge in [0.2, 0.25) is 0 Å². The predicted octanol–water partition coefficient (Wildman–Crippen LogP) is 2.22. The SMILES string of the molecule is CC(C1CCOC1)C(F)(F)F. The molecule has 1 fully saturated rings. The van der Waals surface area contributed by atoms with Crippen LogP contribution in [0.15, 0.2) is 0 Å². The molecule has 0 radical (unpaired) electrons. The first-order chi connectivity index (χ1) is 5.02. The standard InChI is InChI=1S/C7H11F3O/c1-5(7(8,9)10)6-2-3-11-4-6/h5-6H,2-4H2,1H3. The summed E-state index contributed by atoms with van der Waals surface area (Å²) in [5.41, 5.74) is 0. The largest absolute Gasteiger partial charge is 0.391 e. The van der Waals surface area contributed by atoms with Crippen molar-refractivity contribution in [2.24, 2.45) is 11.8 Å². The summed E-state index contributed by atoms with van der Waals surface area (Å²) >= 11 is 0. The molecule has 4 heteroatoms. The van der Waals surface area contributed by atoms with Crippen molar-refractivity contribution in [2.75, 3.05) is 13.2 Å². The second kappa shape index (κ2) is 3.01. The molecule has 0 aliphatic carbocycles. The van der Waals surface area contributed by atoms with E-state index >= 15 is 0 Å². The third-order valence-corrected chi connectivity index (χ3v) is 2.19. The molecule has 0 aromatic heterocycles. The lowest BCUT2D eigenvalue weighted by Gasteiger charge is -2.20. The van der Waals surface area contributed by atoms with Crippen molar-refractivity contribution < 1.29 is 17.9 Å². The normalized spacial score (nSPS) is 28.9. The van der Waals surface area contributed by atoms with Gasteiger partial charge in [-0.05, 0) is 12.3 Å². The van der Waals surface area contributed by atoms with Gasteiger partial charge in [-0.25, -0.2) is 0 Å². The van der Waals surface area contributed by atoms with E-state index < -0.39 is 12.1 Å². The number of hydrogen-bond acceptors (Lipinski definition) is 1. The third kappa shape index (κ3) is 2.09. The van der Waals surface area contributed by atoms with Gasteiger partial charge >= 0.3 is 6.18 Å². The minimum atomic E-state index is -4.06. The number of hydrogen-bond donors (Lipinski definition) is 0. The molecule has 0 aromatic carbocycles. The molecular formula is C7H11F3O. The summed E-state index contributed by atoms with van der Waals surface area (Å²) in [6, 6.07) is 0. The molecule has 0 N–H and O–H groups in total. The van der Waals surface area contributed by atoms with E-state index in [1.54, 1.807) is 0 Å². The molecule has 1 heterocycles. The van der Waals surface area contributed by atoms with Gasteiger partial charge in [-0.1, -0.05) is 6.92 Å². The molecule has 1 rings (SSSR count). The van der Waals surface area contributed by atoms with Gasteiger partial charge in [-0.3, -0.25) is 0 Å². The number of ether oxygens (including phenoxy) is 1. The Balaban J connectivity index is 2.46. The first-order valence-electron chi connectivity index (χ1n) is 3.66. The smallest absolute Gasteiger partial charge is 0.381 e. The molecule has 1 aliphatic heterocycles. The van der Waals surface area contributed by atoms with Crippen LogP contribution in [0, 0.1) is 11.8 Å². The number of alkyl halides is 3. The second-order valence-corrected chi connectivity index (χ2v) is 2.95. The summed E-state index contributed by atoms with van der Waals surface area (Å²) in [7, 11) is 0. The predicted molar refractivity (Wildman–Crippen MR) is 34.1 cm³/mol. The Kier molecular flexibility index (Phi) is 2.42. The van der Waals surface area contributed by atoms with E-state index in [1.165, 1.54) is 6.92 Å². The highest BCUT2D eigenvalue weighted by Gasteiger charge is 2.42. The minimum Gasteiger partial charge on any atom is -0.381 e. The molecule has 11 heavy (non-hydrogen) atoms. The summed E-state index contributed by atoms with van der Waals surface area (Å²) in [5.74, 6) is -1.54. The topological polar surface area (TPSA) is 9.23 Å². The Labute approximate surface area is 63.5 Å². The molecule has 1 saturated heterocycles. The lowest BCUT2D eigenvalue weighted by atomic mass is 9.93. The zero-order valence-corrected chi connectivity index (χ0v) is 6.32. The van der Waals surface area contributed by atoms with Crippen LogP contribution in [0.4, 0.5) is 13.2 Å². The molecule has 0 aromatic rings. The van der Waals surface area contributed by atoms with Crippen LogP contribution in [0.3, 0.4) is 0 Å². The van der Waals surface area contributed by atoms with Gasteiger partial charge in [-0.15, -0.1) is 0 Å². The maximum Gasteiger partial charge on any atom is 0.391 e. The van der Waals surface area contributed by atoms with Crippen LogP contribution >= 0.6 is 0 Å². The Hall–Kier alpha value is -0.250. The Morgan fingerprint density at radius 3 is 2.45 bits per heavy atom. The van der Waals surface area contributed by atoms with Gasteiger partial charge in [0, 0.05) is 6.61 Å². The minimum absolute atomic E-state index is 0.265. The molecule has 2 atom stereocenters. The average Bonchev–Trinajstić information content (AvgIpc) is 2.34. The van der Waals surface area contributed by atoms with Gasteiger partial charge < -0.3 is 4.74 Å². The third-order valence-electron chi connectivity index (χ3n) is 2.19. The molecule has 1 aliphatic rings. The fourth-order valence-electron chi connectivity index (χ4n) is 1.21. The second-order valence-electron chi connectivity index (χ2n) is 2.95. The Morgan fingerprint density at radius 2 is 2.09 bits per heavy atom.